The molecule has 2 aromatic rings. The Balaban J connectivity index is 1.35. The van der Waals surface area contributed by atoms with Gasteiger partial charge in [-0.25, -0.2) is 8.42 Å². The summed E-state index contributed by atoms with van der Waals surface area (Å²) in [6.07, 6.45) is 5.07. The number of carbonyl (C=O) groups excluding carboxylic acids is 3. The summed E-state index contributed by atoms with van der Waals surface area (Å²) in [5.41, 5.74) is 7.59. The minimum Gasteiger partial charge on any atom is -0.744 e. The lowest BCUT2D eigenvalue weighted by Gasteiger charge is -2.31. The van der Waals surface area contributed by atoms with Gasteiger partial charge in [-0.2, -0.15) is 9.15 Å². The van der Waals surface area contributed by atoms with Crippen LogP contribution in [-0.2, 0) is 40.7 Å². The Labute approximate surface area is 307 Å². The van der Waals surface area contributed by atoms with E-state index in [4.69, 9.17) is 0 Å². The monoisotopic (exact) mass is 727 g/mol. The van der Waals surface area contributed by atoms with Crippen LogP contribution in [0.1, 0.15) is 105 Å². The molecule has 3 aliphatic heterocycles. The van der Waals surface area contributed by atoms with Crippen LogP contribution in [-0.4, -0.2) is 70.7 Å². The first-order valence-electron chi connectivity index (χ1n) is 18.2. The van der Waals surface area contributed by atoms with Gasteiger partial charge in [0.05, 0.1) is 21.3 Å². The summed E-state index contributed by atoms with van der Waals surface area (Å²) in [5, 5.41) is 10.9. The highest BCUT2D eigenvalue weighted by Gasteiger charge is 2.53. The summed E-state index contributed by atoms with van der Waals surface area (Å²) in [7, 11) is -4.72. The fourth-order valence-corrected chi connectivity index (χ4v) is 9.20. The molecule has 4 aliphatic rings. The predicted octanol–water partition coefficient (Wildman–Crippen LogP) is 5.09. The van der Waals surface area contributed by atoms with E-state index in [-0.39, 0.29) is 33.9 Å². The zero-order chi connectivity index (χ0) is 38.3. The molecule has 3 heterocycles. The van der Waals surface area contributed by atoms with Gasteiger partial charge in [0.25, 0.3) is 0 Å². The van der Waals surface area contributed by atoms with Crippen LogP contribution in [0.3, 0.4) is 0 Å². The smallest absolute Gasteiger partial charge is 0.210 e. The second-order valence-corrected chi connectivity index (χ2v) is 17.4. The van der Waals surface area contributed by atoms with Crippen LogP contribution in [0.5, 0.6) is 0 Å². The molecule has 1 saturated carbocycles. The Bertz CT molecular complexity index is 2170. The molecule has 52 heavy (non-hydrogen) atoms. The molecule has 1 fully saturated rings. The minimum atomic E-state index is -4.72. The summed E-state index contributed by atoms with van der Waals surface area (Å²) in [6.45, 7) is 20.9. The zero-order valence-electron chi connectivity index (χ0n) is 31.7. The van der Waals surface area contributed by atoms with Crippen molar-refractivity contribution in [3.8, 4) is 0 Å². The topological polar surface area (TPSA) is 141 Å². The molecule has 0 unspecified atom stereocenters. The maximum Gasteiger partial charge on any atom is 0.210 e. The van der Waals surface area contributed by atoms with Gasteiger partial charge in [0, 0.05) is 65.6 Å². The molecule has 1 aliphatic carbocycles. The van der Waals surface area contributed by atoms with Gasteiger partial charge >= 0.3 is 0 Å². The van der Waals surface area contributed by atoms with Crippen LogP contribution < -0.4 is 10.0 Å². The molecular formula is C41H49N3O7S. The normalized spacial score (nSPS) is 21.9. The Kier molecular flexibility index (Phi) is 9.18. The van der Waals surface area contributed by atoms with Crippen molar-refractivity contribution in [1.82, 2.24) is 0 Å². The van der Waals surface area contributed by atoms with E-state index in [0.29, 0.717) is 49.3 Å². The number of carbonyl (C=O) groups is 3. The number of hydrogen-bond donors (Lipinski definition) is 0. The van der Waals surface area contributed by atoms with Gasteiger partial charge in [-0.05, 0) is 90.6 Å². The van der Waals surface area contributed by atoms with E-state index in [2.05, 4.69) is 69.7 Å². The van der Waals surface area contributed by atoms with Gasteiger partial charge in [-0.3, -0.25) is 9.59 Å². The van der Waals surface area contributed by atoms with Gasteiger partial charge in [0.15, 0.2) is 23.0 Å². The molecule has 6 rings (SSSR count). The largest absolute Gasteiger partial charge is 0.744 e. The average Bonchev–Trinajstić information content (AvgIpc) is 3.50. The third-order valence-corrected chi connectivity index (χ3v) is 12.9. The Morgan fingerprint density at radius 2 is 1.44 bits per heavy atom. The van der Waals surface area contributed by atoms with E-state index >= 15 is 0 Å². The number of anilines is 1. The van der Waals surface area contributed by atoms with E-state index in [9.17, 15) is 32.5 Å². The molecule has 0 saturated heterocycles. The summed E-state index contributed by atoms with van der Waals surface area (Å²) in [5.74, 6) is -2.67. The second-order valence-electron chi connectivity index (χ2n) is 16.0. The molecule has 0 N–H and O–H groups in total. The van der Waals surface area contributed by atoms with E-state index in [1.54, 1.807) is 18.2 Å². The van der Waals surface area contributed by atoms with E-state index in [0.717, 1.165) is 23.5 Å². The van der Waals surface area contributed by atoms with Crippen LogP contribution in [0.2, 0.25) is 0 Å². The van der Waals surface area contributed by atoms with Crippen molar-refractivity contribution < 1.29 is 41.6 Å². The fraction of sp³-hybridized carbons (Fsp3) is 0.488. The molecule has 0 amide bonds. The third-order valence-electron chi connectivity index (χ3n) is 12.0. The molecule has 0 atom stereocenters. The van der Waals surface area contributed by atoms with Crippen molar-refractivity contribution in [2.75, 3.05) is 24.5 Å². The van der Waals surface area contributed by atoms with Crippen LogP contribution in [0, 0.1) is 5.92 Å². The standard InChI is InChI=1S/C41H49N3O7S/c1-10-42-24(3)39(4,5)29-22-33-30(23-32(29)42)41(8,9)34(43(33)11-2)20-26-37(47)27(38(26)48)21-35-40(6,7)28-19-25(52(49,50)51)16-17-31(28)44(35)18-14-12-13-15-36(45)46/h16-17,19-23,27H,10-15,18H2,1-9H3/b26-20?,35-21+. The summed E-state index contributed by atoms with van der Waals surface area (Å²) in [4.78, 5) is 40.5. The van der Waals surface area contributed by atoms with Crippen molar-refractivity contribution in [2.24, 2.45) is 5.92 Å². The molecule has 0 bridgehead atoms. The number of rotatable bonds is 11. The first-order valence-corrected chi connectivity index (χ1v) is 19.7. The van der Waals surface area contributed by atoms with Crippen molar-refractivity contribution in [2.45, 2.75) is 109 Å². The van der Waals surface area contributed by atoms with Gasteiger partial charge in [0.2, 0.25) is 11.4 Å². The number of hydrogen-bond acceptors (Lipinski definition) is 8. The average molecular weight is 728 g/mol. The van der Waals surface area contributed by atoms with E-state index in [1.807, 2.05) is 18.7 Å². The number of unbranched alkanes of at least 4 members (excludes halogenated alkanes) is 2. The van der Waals surface area contributed by atoms with Crippen LogP contribution in [0.15, 0.2) is 58.6 Å². The molecule has 11 heteroatoms. The Morgan fingerprint density at radius 3 is 2.02 bits per heavy atom. The van der Waals surface area contributed by atoms with Crippen molar-refractivity contribution >= 4 is 56.1 Å². The van der Waals surface area contributed by atoms with Gasteiger partial charge in [0.1, 0.15) is 29.1 Å². The second kappa shape index (κ2) is 12.7. The number of ketones is 2. The minimum absolute atomic E-state index is 0.0538. The van der Waals surface area contributed by atoms with Gasteiger partial charge < -0.3 is 19.4 Å². The lowest BCUT2D eigenvalue weighted by Crippen LogP contribution is -2.42. The number of benzene rings is 2. The van der Waals surface area contributed by atoms with Gasteiger partial charge in [-0.1, -0.05) is 20.3 Å². The lowest BCUT2D eigenvalue weighted by molar-refractivity contribution is -0.436. The highest BCUT2D eigenvalue weighted by molar-refractivity contribution is 7.85. The summed E-state index contributed by atoms with van der Waals surface area (Å²) >= 11 is 0. The molecule has 2 aromatic carbocycles. The zero-order valence-corrected chi connectivity index (χ0v) is 32.5. The SMILES string of the molecule is CC[N+]1=C(C)C(C)(C)c2cc3c(cc21)C(C)(C)C(C=C1C(=O)C(/C=C2/N(CCCCCC(=O)[O-])c4ccc(S(=O)(=O)[O-])cc4C2(C)C)C1=O)=[N+]3CC. The van der Waals surface area contributed by atoms with E-state index < -0.39 is 32.8 Å². The first kappa shape index (κ1) is 37.5. The predicted molar refractivity (Wildman–Crippen MR) is 197 cm³/mol. The number of allylic oxidation sites excluding steroid dienone is 4. The molecule has 0 spiro atoms. The lowest BCUT2D eigenvalue weighted by atomic mass is 9.72. The molecule has 10 nitrogen and oxygen atoms in total. The van der Waals surface area contributed by atoms with Crippen molar-refractivity contribution in [3.05, 3.63) is 70.4 Å². The molecular weight excluding hydrogens is 679 g/mol. The maximum atomic E-state index is 14.0. The number of fused-ring (bicyclic) bond motifs is 3. The number of nitrogens with zero attached hydrogens (tertiary/aromatic N) is 3. The highest BCUT2D eigenvalue weighted by Crippen LogP contribution is 2.51. The highest BCUT2D eigenvalue weighted by atomic mass is 32.2. The summed E-state index contributed by atoms with van der Waals surface area (Å²) in [6, 6.07) is 8.81. The molecule has 0 aromatic heterocycles. The van der Waals surface area contributed by atoms with Gasteiger partial charge in [-0.15, -0.1) is 0 Å². The first-order chi connectivity index (χ1) is 24.2. The summed E-state index contributed by atoms with van der Waals surface area (Å²) < 4.78 is 40.4. The van der Waals surface area contributed by atoms with Crippen LogP contribution >= 0.6 is 0 Å². The Morgan fingerprint density at radius 1 is 0.846 bits per heavy atom. The van der Waals surface area contributed by atoms with Crippen molar-refractivity contribution in [1.29, 1.82) is 0 Å². The quantitative estimate of drug-likeness (QED) is 0.0779. The molecule has 0 radical (unpaired) electrons. The number of aliphatic carboxylic acids is 1. The van der Waals surface area contributed by atoms with Crippen LogP contribution in [0.25, 0.3) is 0 Å². The van der Waals surface area contributed by atoms with E-state index in [1.165, 1.54) is 29.1 Å². The molecule has 276 valence electrons. The number of Topliss-reactive ketones (excluding diaryl/α,β-unsaturated/α-hetero) is 2. The fourth-order valence-electron chi connectivity index (χ4n) is 8.70. The Hall–Kier alpha value is -4.22. The number of carboxylic acids is 1. The van der Waals surface area contributed by atoms with Crippen molar-refractivity contribution in [3.63, 3.8) is 0 Å². The third kappa shape index (κ3) is 5.71. The maximum absolute atomic E-state index is 14.0. The number of carboxylic acid groups (broad SMARTS) is 1. The van der Waals surface area contributed by atoms with Crippen LogP contribution in [0.4, 0.5) is 17.1 Å².